The van der Waals surface area contributed by atoms with Crippen molar-refractivity contribution in [1.29, 1.82) is 0 Å². The highest BCUT2D eigenvalue weighted by molar-refractivity contribution is 6.30. The fourth-order valence-electron chi connectivity index (χ4n) is 4.79. The predicted octanol–water partition coefficient (Wildman–Crippen LogP) is 2.84. The molecule has 6 rings (SSSR count). The molecule has 2 aromatic carbocycles. The van der Waals surface area contributed by atoms with E-state index < -0.39 is 5.60 Å². The summed E-state index contributed by atoms with van der Waals surface area (Å²) in [7, 11) is 0. The van der Waals surface area contributed by atoms with Crippen LogP contribution in [0.2, 0.25) is 5.02 Å². The first-order valence-corrected chi connectivity index (χ1v) is 12.4. The SMILES string of the molecule is O=c1c2cnn(-c3ccc(Cl)cc3)c2ncn1CC1(O)CCN(Cc2ccc(-n3ccnn3)cc2)CC1. The summed E-state index contributed by atoms with van der Waals surface area (Å²) in [5.74, 6) is 0. The highest BCUT2D eigenvalue weighted by Crippen LogP contribution is 2.25. The van der Waals surface area contributed by atoms with Gasteiger partial charge in [-0.25, -0.2) is 14.3 Å². The van der Waals surface area contributed by atoms with E-state index in [4.69, 9.17) is 11.6 Å². The van der Waals surface area contributed by atoms with Crippen molar-refractivity contribution in [1.82, 2.24) is 39.2 Å². The number of hydrogen-bond donors (Lipinski definition) is 1. The van der Waals surface area contributed by atoms with E-state index in [9.17, 15) is 9.90 Å². The monoisotopic (exact) mass is 516 g/mol. The van der Waals surface area contributed by atoms with Gasteiger partial charge in [-0.05, 0) is 54.8 Å². The molecule has 1 aliphatic heterocycles. The minimum absolute atomic E-state index is 0.196. The van der Waals surface area contributed by atoms with Gasteiger partial charge in [-0.2, -0.15) is 5.10 Å². The van der Waals surface area contributed by atoms with Gasteiger partial charge in [0.05, 0.1) is 42.1 Å². The third-order valence-corrected chi connectivity index (χ3v) is 7.16. The van der Waals surface area contributed by atoms with Gasteiger partial charge in [-0.3, -0.25) is 14.3 Å². The largest absolute Gasteiger partial charge is 0.388 e. The van der Waals surface area contributed by atoms with Crippen molar-refractivity contribution in [3.63, 3.8) is 0 Å². The Morgan fingerprint density at radius 3 is 2.43 bits per heavy atom. The van der Waals surface area contributed by atoms with Gasteiger partial charge < -0.3 is 5.11 Å². The molecule has 0 saturated carbocycles. The average Bonchev–Trinajstić information content (AvgIpc) is 3.59. The van der Waals surface area contributed by atoms with Crippen LogP contribution >= 0.6 is 11.6 Å². The summed E-state index contributed by atoms with van der Waals surface area (Å²) in [5.41, 5.74) is 2.21. The van der Waals surface area contributed by atoms with Gasteiger partial charge in [0, 0.05) is 24.7 Å². The molecular weight excluding hydrogens is 492 g/mol. The predicted molar refractivity (Wildman–Crippen MR) is 139 cm³/mol. The minimum Gasteiger partial charge on any atom is -0.388 e. The lowest BCUT2D eigenvalue weighted by molar-refractivity contribution is -0.0364. The van der Waals surface area contributed by atoms with Crippen LogP contribution in [-0.2, 0) is 13.1 Å². The molecule has 0 aliphatic carbocycles. The summed E-state index contributed by atoms with van der Waals surface area (Å²) in [4.78, 5) is 20.0. The Bertz CT molecular complexity index is 1570. The topological polar surface area (TPSA) is 107 Å². The zero-order chi connectivity index (χ0) is 25.4. The number of halogens is 1. The van der Waals surface area contributed by atoms with Crippen LogP contribution in [0.1, 0.15) is 18.4 Å². The number of fused-ring (bicyclic) bond motifs is 1. The minimum atomic E-state index is -0.973. The Morgan fingerprint density at radius 1 is 1.00 bits per heavy atom. The second-order valence-electron chi connectivity index (χ2n) is 9.46. The molecule has 1 N–H and O–H groups in total. The standard InChI is InChI=1S/C26H25ClN8O2/c27-20-3-7-22(8-4-20)35-24-23(15-30-35)25(36)33(18-28-24)17-26(37)9-12-32(13-10-26)16-19-1-5-21(6-2-19)34-14-11-29-31-34/h1-8,11,14-15,18,37H,9-10,12-13,16-17H2. The van der Waals surface area contributed by atoms with Gasteiger partial charge in [0.2, 0.25) is 0 Å². The Hall–Kier alpha value is -3.86. The van der Waals surface area contributed by atoms with E-state index >= 15 is 0 Å². The average molecular weight is 517 g/mol. The molecule has 1 fully saturated rings. The Labute approximate surface area is 217 Å². The lowest BCUT2D eigenvalue weighted by Gasteiger charge is -2.38. The van der Waals surface area contributed by atoms with Crippen molar-refractivity contribution >= 4 is 22.6 Å². The van der Waals surface area contributed by atoms with E-state index in [1.165, 1.54) is 22.7 Å². The van der Waals surface area contributed by atoms with Crippen molar-refractivity contribution in [2.75, 3.05) is 13.1 Å². The zero-order valence-corrected chi connectivity index (χ0v) is 20.7. The lowest BCUT2D eigenvalue weighted by atomic mass is 9.91. The van der Waals surface area contributed by atoms with Crippen LogP contribution in [0, 0.1) is 0 Å². The fraction of sp³-hybridized carbons (Fsp3) is 0.269. The van der Waals surface area contributed by atoms with Crippen LogP contribution in [0.15, 0.2) is 78.2 Å². The summed E-state index contributed by atoms with van der Waals surface area (Å²) in [5, 5.41) is 24.5. The van der Waals surface area contributed by atoms with Crippen LogP contribution in [0.25, 0.3) is 22.4 Å². The van der Waals surface area contributed by atoms with E-state index in [1.54, 1.807) is 27.7 Å². The number of piperidine rings is 1. The molecule has 1 aliphatic rings. The maximum Gasteiger partial charge on any atom is 0.264 e. The summed E-state index contributed by atoms with van der Waals surface area (Å²) in [6.45, 7) is 2.47. The molecule has 4 heterocycles. The Morgan fingerprint density at radius 2 is 1.73 bits per heavy atom. The van der Waals surface area contributed by atoms with Gasteiger partial charge in [-0.15, -0.1) is 5.10 Å². The molecule has 1 saturated heterocycles. The zero-order valence-electron chi connectivity index (χ0n) is 20.0. The summed E-state index contributed by atoms with van der Waals surface area (Å²) >= 11 is 5.99. The number of aliphatic hydroxyl groups is 1. The highest BCUT2D eigenvalue weighted by Gasteiger charge is 2.33. The lowest BCUT2D eigenvalue weighted by Crippen LogP contribution is -2.47. The molecule has 3 aromatic heterocycles. The maximum absolute atomic E-state index is 13.2. The second kappa shape index (κ2) is 9.55. The molecule has 0 atom stereocenters. The fourth-order valence-corrected chi connectivity index (χ4v) is 4.92. The van der Waals surface area contributed by atoms with Crippen molar-refractivity contribution < 1.29 is 5.11 Å². The van der Waals surface area contributed by atoms with Crippen molar-refractivity contribution in [3.8, 4) is 11.4 Å². The van der Waals surface area contributed by atoms with Crippen LogP contribution in [0.4, 0.5) is 0 Å². The van der Waals surface area contributed by atoms with E-state index in [1.807, 2.05) is 30.5 Å². The Balaban J connectivity index is 1.11. The first-order valence-electron chi connectivity index (χ1n) is 12.1. The third-order valence-electron chi connectivity index (χ3n) is 6.91. The van der Waals surface area contributed by atoms with E-state index in [2.05, 4.69) is 37.4 Å². The molecule has 0 amide bonds. The molecule has 0 unspecified atom stereocenters. The maximum atomic E-state index is 13.2. The van der Waals surface area contributed by atoms with Gasteiger partial charge in [0.15, 0.2) is 5.65 Å². The van der Waals surface area contributed by atoms with Gasteiger partial charge in [0.25, 0.3) is 5.56 Å². The summed E-state index contributed by atoms with van der Waals surface area (Å²) in [6, 6.07) is 15.4. The van der Waals surface area contributed by atoms with E-state index in [0.29, 0.717) is 28.9 Å². The molecule has 37 heavy (non-hydrogen) atoms. The smallest absolute Gasteiger partial charge is 0.264 e. The molecule has 0 bridgehead atoms. The normalized spacial score (nSPS) is 15.8. The van der Waals surface area contributed by atoms with E-state index in [-0.39, 0.29) is 12.1 Å². The highest BCUT2D eigenvalue weighted by atomic mass is 35.5. The summed E-state index contributed by atoms with van der Waals surface area (Å²) < 4.78 is 4.83. The number of nitrogens with zero attached hydrogens (tertiary/aromatic N) is 8. The van der Waals surface area contributed by atoms with Crippen molar-refractivity contribution in [3.05, 3.63) is 94.4 Å². The van der Waals surface area contributed by atoms with Crippen molar-refractivity contribution in [2.24, 2.45) is 0 Å². The van der Waals surface area contributed by atoms with Gasteiger partial charge >= 0.3 is 0 Å². The number of rotatable bonds is 6. The number of benzene rings is 2. The molecule has 0 radical (unpaired) electrons. The molecular formula is C26H25ClN8O2. The quantitative estimate of drug-likeness (QED) is 0.370. The third kappa shape index (κ3) is 4.78. The van der Waals surface area contributed by atoms with Gasteiger partial charge in [0.1, 0.15) is 11.7 Å². The number of hydrogen-bond acceptors (Lipinski definition) is 7. The number of aromatic nitrogens is 7. The first kappa shape index (κ1) is 23.5. The van der Waals surface area contributed by atoms with Crippen LogP contribution in [0.5, 0.6) is 0 Å². The van der Waals surface area contributed by atoms with Crippen LogP contribution in [0.3, 0.4) is 0 Å². The molecule has 0 spiro atoms. The Kier molecular flexibility index (Phi) is 6.07. The molecule has 11 heteroatoms. The van der Waals surface area contributed by atoms with Crippen LogP contribution in [-0.4, -0.2) is 63.0 Å². The first-order chi connectivity index (χ1) is 18.0. The van der Waals surface area contributed by atoms with Crippen molar-refractivity contribution in [2.45, 2.75) is 31.5 Å². The molecule has 10 nitrogen and oxygen atoms in total. The second-order valence-corrected chi connectivity index (χ2v) is 9.90. The summed E-state index contributed by atoms with van der Waals surface area (Å²) in [6.07, 6.45) is 7.62. The molecule has 5 aromatic rings. The van der Waals surface area contributed by atoms with Gasteiger partial charge in [-0.1, -0.05) is 28.9 Å². The van der Waals surface area contributed by atoms with E-state index in [0.717, 1.165) is 31.0 Å². The van der Waals surface area contributed by atoms with Crippen LogP contribution < -0.4 is 5.56 Å². The molecule has 188 valence electrons. The number of likely N-dealkylation sites (tertiary alicyclic amines) is 1.